The van der Waals surface area contributed by atoms with Gasteiger partial charge in [-0.3, -0.25) is 0 Å². The van der Waals surface area contributed by atoms with E-state index in [0.29, 0.717) is 12.2 Å². The van der Waals surface area contributed by atoms with Crippen LogP contribution in [0.3, 0.4) is 0 Å². The van der Waals surface area contributed by atoms with Gasteiger partial charge in [-0.05, 0) is 13.0 Å². The van der Waals surface area contributed by atoms with Gasteiger partial charge in [-0.25, -0.2) is 4.68 Å². The summed E-state index contributed by atoms with van der Waals surface area (Å²) >= 11 is 0. The summed E-state index contributed by atoms with van der Waals surface area (Å²) in [5.41, 5.74) is 1.60. The van der Waals surface area contributed by atoms with Crippen molar-refractivity contribution in [3.63, 3.8) is 0 Å². The molecule has 0 spiro atoms. The predicted octanol–water partition coefficient (Wildman–Crippen LogP) is 0.973. The number of hydrogen-bond donors (Lipinski definition) is 1. The van der Waals surface area contributed by atoms with Gasteiger partial charge in [0.25, 0.3) is 0 Å². The highest BCUT2D eigenvalue weighted by molar-refractivity contribution is 5.06. The van der Waals surface area contributed by atoms with E-state index < -0.39 is 6.10 Å². The van der Waals surface area contributed by atoms with E-state index in [-0.39, 0.29) is 0 Å². The molecule has 0 aliphatic rings. The molecule has 1 atom stereocenters. The van der Waals surface area contributed by atoms with Crippen LogP contribution in [0, 0.1) is 0 Å². The maximum Gasteiger partial charge on any atom is 0.111 e. The molecule has 14 heavy (non-hydrogen) atoms. The minimum Gasteiger partial charge on any atom is -0.472 e. The Morgan fingerprint density at radius 2 is 2.50 bits per heavy atom. The van der Waals surface area contributed by atoms with Gasteiger partial charge < -0.3 is 9.52 Å². The molecule has 0 saturated carbocycles. The molecular weight excluding hydrogens is 182 g/mol. The number of aromatic nitrogens is 3. The van der Waals surface area contributed by atoms with Crippen molar-refractivity contribution < 1.29 is 9.52 Å². The maximum atomic E-state index is 9.23. The summed E-state index contributed by atoms with van der Waals surface area (Å²) in [7, 11) is 0. The van der Waals surface area contributed by atoms with Crippen LogP contribution in [0.25, 0.3) is 0 Å². The summed E-state index contributed by atoms with van der Waals surface area (Å²) in [5.74, 6) is 0. The third-order valence-corrected chi connectivity index (χ3v) is 1.91. The van der Waals surface area contributed by atoms with Crippen LogP contribution < -0.4 is 0 Å². The van der Waals surface area contributed by atoms with Crippen molar-refractivity contribution in [2.75, 3.05) is 0 Å². The second kappa shape index (κ2) is 3.63. The highest BCUT2D eigenvalue weighted by Crippen LogP contribution is 2.08. The number of rotatable bonds is 3. The summed E-state index contributed by atoms with van der Waals surface area (Å²) in [4.78, 5) is 0. The topological polar surface area (TPSA) is 64.1 Å². The quantitative estimate of drug-likeness (QED) is 0.788. The maximum absolute atomic E-state index is 9.23. The van der Waals surface area contributed by atoms with Gasteiger partial charge in [-0.15, -0.1) is 5.10 Å². The van der Waals surface area contributed by atoms with Crippen LogP contribution in [0.5, 0.6) is 0 Å². The monoisotopic (exact) mass is 193 g/mol. The molecule has 0 fully saturated rings. The highest BCUT2D eigenvalue weighted by atomic mass is 16.3. The summed E-state index contributed by atoms with van der Waals surface area (Å²) in [5, 5.41) is 16.9. The van der Waals surface area contributed by atoms with Crippen molar-refractivity contribution in [2.24, 2.45) is 0 Å². The zero-order chi connectivity index (χ0) is 9.97. The molecule has 0 aliphatic heterocycles. The van der Waals surface area contributed by atoms with Gasteiger partial charge in [0.15, 0.2) is 0 Å². The van der Waals surface area contributed by atoms with Crippen LogP contribution in [0.15, 0.2) is 29.2 Å². The second-order valence-corrected chi connectivity index (χ2v) is 3.15. The minimum absolute atomic E-state index is 0.576. The Balaban J connectivity index is 2.11. The number of aliphatic hydroxyl groups excluding tert-OH is 1. The molecule has 5 heteroatoms. The van der Waals surface area contributed by atoms with Gasteiger partial charge in [0.05, 0.1) is 31.4 Å². The van der Waals surface area contributed by atoms with Gasteiger partial charge >= 0.3 is 0 Å². The van der Waals surface area contributed by atoms with E-state index in [2.05, 4.69) is 10.3 Å². The van der Waals surface area contributed by atoms with E-state index in [1.807, 2.05) is 6.07 Å². The summed E-state index contributed by atoms with van der Waals surface area (Å²) in [6, 6.07) is 1.86. The molecular formula is C9H11N3O2. The average molecular weight is 193 g/mol. The normalized spacial score (nSPS) is 13.0. The Morgan fingerprint density at radius 3 is 3.07 bits per heavy atom. The smallest absolute Gasteiger partial charge is 0.111 e. The van der Waals surface area contributed by atoms with Crippen LogP contribution in [0.1, 0.15) is 24.3 Å². The highest BCUT2D eigenvalue weighted by Gasteiger charge is 2.06. The van der Waals surface area contributed by atoms with Gasteiger partial charge in [0, 0.05) is 5.56 Å². The first-order valence-corrected chi connectivity index (χ1v) is 4.35. The van der Waals surface area contributed by atoms with Gasteiger partial charge in [0.2, 0.25) is 0 Å². The Bertz CT molecular complexity index is 392. The molecule has 0 aliphatic carbocycles. The van der Waals surface area contributed by atoms with Crippen molar-refractivity contribution in [2.45, 2.75) is 19.6 Å². The molecule has 0 aromatic carbocycles. The third kappa shape index (κ3) is 1.82. The Labute approximate surface area is 81.0 Å². The van der Waals surface area contributed by atoms with Crippen LogP contribution in [0.2, 0.25) is 0 Å². The van der Waals surface area contributed by atoms with Gasteiger partial charge in [0.1, 0.15) is 5.69 Å². The molecule has 74 valence electrons. The lowest BCUT2D eigenvalue weighted by Crippen LogP contribution is -1.98. The Kier molecular flexibility index (Phi) is 2.32. The summed E-state index contributed by atoms with van der Waals surface area (Å²) in [6.07, 6.45) is 4.41. The number of nitrogens with zero attached hydrogens (tertiary/aromatic N) is 3. The van der Waals surface area contributed by atoms with E-state index in [9.17, 15) is 5.11 Å². The molecule has 0 bridgehead atoms. The van der Waals surface area contributed by atoms with E-state index in [1.165, 1.54) is 0 Å². The fourth-order valence-electron chi connectivity index (χ4n) is 1.15. The predicted molar refractivity (Wildman–Crippen MR) is 48.5 cm³/mol. The zero-order valence-corrected chi connectivity index (χ0v) is 7.79. The molecule has 2 aromatic rings. The Morgan fingerprint density at radius 1 is 1.64 bits per heavy atom. The SMILES string of the molecule is CC(O)c1cn(Cc2ccoc2)nn1. The number of furan rings is 1. The Hall–Kier alpha value is -1.62. The standard InChI is InChI=1S/C9H11N3O2/c1-7(13)9-5-12(11-10-9)4-8-2-3-14-6-8/h2-3,5-7,13H,4H2,1H3. The van der Waals surface area contributed by atoms with Crippen molar-refractivity contribution in [1.29, 1.82) is 0 Å². The molecule has 1 N–H and O–H groups in total. The van der Waals surface area contributed by atoms with Crippen molar-refractivity contribution >= 4 is 0 Å². The van der Waals surface area contributed by atoms with Crippen molar-refractivity contribution in [3.8, 4) is 0 Å². The van der Waals surface area contributed by atoms with E-state index >= 15 is 0 Å². The summed E-state index contributed by atoms with van der Waals surface area (Å²) in [6.45, 7) is 2.27. The van der Waals surface area contributed by atoms with Gasteiger partial charge in [-0.2, -0.15) is 0 Å². The van der Waals surface area contributed by atoms with E-state index in [4.69, 9.17) is 4.42 Å². The van der Waals surface area contributed by atoms with Crippen LogP contribution in [0.4, 0.5) is 0 Å². The zero-order valence-electron chi connectivity index (χ0n) is 7.79. The minimum atomic E-state index is -0.576. The first-order valence-electron chi connectivity index (χ1n) is 4.35. The van der Waals surface area contributed by atoms with Gasteiger partial charge in [-0.1, -0.05) is 5.21 Å². The largest absolute Gasteiger partial charge is 0.472 e. The fourth-order valence-corrected chi connectivity index (χ4v) is 1.15. The molecule has 2 aromatic heterocycles. The van der Waals surface area contributed by atoms with Crippen LogP contribution in [-0.2, 0) is 6.54 Å². The lowest BCUT2D eigenvalue weighted by Gasteiger charge is -1.96. The average Bonchev–Trinajstić information content (AvgIpc) is 2.75. The second-order valence-electron chi connectivity index (χ2n) is 3.15. The third-order valence-electron chi connectivity index (χ3n) is 1.91. The summed E-state index contributed by atoms with van der Waals surface area (Å²) < 4.78 is 6.59. The van der Waals surface area contributed by atoms with E-state index in [1.54, 1.807) is 30.3 Å². The molecule has 2 rings (SSSR count). The lowest BCUT2D eigenvalue weighted by atomic mass is 10.3. The lowest BCUT2D eigenvalue weighted by molar-refractivity contribution is 0.194. The molecule has 0 radical (unpaired) electrons. The molecule has 1 unspecified atom stereocenters. The first-order chi connectivity index (χ1) is 6.75. The fraction of sp³-hybridized carbons (Fsp3) is 0.333. The molecule has 0 saturated heterocycles. The molecule has 5 nitrogen and oxygen atoms in total. The van der Waals surface area contributed by atoms with Crippen molar-refractivity contribution in [1.82, 2.24) is 15.0 Å². The number of hydrogen-bond acceptors (Lipinski definition) is 4. The molecule has 2 heterocycles. The van der Waals surface area contributed by atoms with Crippen LogP contribution >= 0.6 is 0 Å². The molecule has 0 amide bonds. The van der Waals surface area contributed by atoms with Crippen molar-refractivity contribution in [3.05, 3.63) is 36.0 Å². The number of aliphatic hydroxyl groups is 1. The van der Waals surface area contributed by atoms with E-state index in [0.717, 1.165) is 5.56 Å². The van der Waals surface area contributed by atoms with Crippen LogP contribution in [-0.4, -0.2) is 20.1 Å². The first kappa shape index (κ1) is 8.96.